The van der Waals surface area contributed by atoms with E-state index in [1.807, 2.05) is 48.5 Å². The van der Waals surface area contributed by atoms with Crippen molar-refractivity contribution < 1.29 is 211 Å². The zero-order valence-corrected chi connectivity index (χ0v) is 60.7. The minimum atomic E-state index is -2.33. The maximum absolute atomic E-state index is 12.6. The Hall–Kier alpha value is -6.71. The topological polar surface area (TPSA) is 620 Å². The molecule has 0 aromatic heterocycles. The number of aliphatic carboxylic acids is 1. The third kappa shape index (κ3) is 52.8. The van der Waals surface area contributed by atoms with Gasteiger partial charge >= 0.3 is 82.5 Å². The molecule has 0 spiro atoms. The van der Waals surface area contributed by atoms with Crippen LogP contribution in [0.3, 0.4) is 0 Å². The predicted octanol–water partition coefficient (Wildman–Crippen LogP) is -8.82. The van der Waals surface area contributed by atoms with E-state index in [4.69, 9.17) is 71.3 Å². The number of carboxylic acid groups (broad SMARTS) is 3. The minimum absolute atomic E-state index is 0. The quantitative estimate of drug-likeness (QED) is 0.0153. The molecule has 101 heavy (non-hydrogen) atoms. The van der Waals surface area contributed by atoms with Crippen molar-refractivity contribution in [2.45, 2.75) is 19.3 Å². The molecule has 0 amide bonds. The second kappa shape index (κ2) is 82.2. The molecule has 6 aromatic rings. The zero-order chi connectivity index (χ0) is 71.4. The molecule has 0 unspecified atom stereocenters. The molecule has 2 radical (unpaired) electrons. The SMILES string of the molecule is CC(=O)[O-].CO.CO.CO.CO.CO.CO.O.O.O=C([O-])[O-].[Ni+2].[Ni+2].[Ni+2].[Ni+3].[Ni+3].[O-]O[O-].[O-][OH2+].[O-]c1ccccc1C=NCCN1CCN(CCN=Cc2ccccc2[O-])C1c1ccccc1[O-].[O-]c1ccccc1C=NCCN1CCN(CCN=Cc2ccccc2[O-])C1c1ccccc1[O-].[OH-]. The number of carboxylic acids is 1. The van der Waals surface area contributed by atoms with E-state index in [1.165, 1.54) is 24.3 Å². The predicted molar refractivity (Wildman–Crippen MR) is 336 cm³/mol. The first kappa shape index (κ1) is 121. The number of nitrogens with zero attached hydrogens (tertiary/aromatic N) is 8. The van der Waals surface area contributed by atoms with Gasteiger partial charge in [0.05, 0.1) is 38.5 Å². The molecule has 0 bridgehead atoms. The third-order valence-electron chi connectivity index (χ3n) is 11.8. The van der Waals surface area contributed by atoms with Gasteiger partial charge in [-0.25, -0.2) is 0 Å². The van der Waals surface area contributed by atoms with Crippen LogP contribution in [0.1, 0.15) is 52.6 Å². The van der Waals surface area contributed by atoms with Crippen LogP contribution in [-0.4, -0.2) is 230 Å². The molecule has 13 N–H and O–H groups in total. The van der Waals surface area contributed by atoms with Crippen LogP contribution in [-0.2, 0) is 92.3 Å². The number of hydrogen-bond acceptors (Lipinski definition) is 30. The first-order valence-electron chi connectivity index (χ1n) is 27.5. The van der Waals surface area contributed by atoms with E-state index < -0.39 is 12.1 Å². The van der Waals surface area contributed by atoms with Gasteiger partial charge in [0, 0.05) is 126 Å². The molecule has 2 aliphatic rings. The molecule has 580 valence electrons. The Kier molecular flexibility index (Phi) is 98.7. The summed E-state index contributed by atoms with van der Waals surface area (Å²) in [6.07, 6.45) is 3.84. The molecular formula is C63H88N8Ni5O25. The number of aliphatic imine (C=N–C) groups is 4. The van der Waals surface area contributed by atoms with Crippen molar-refractivity contribution in [1.29, 1.82) is 0 Å². The van der Waals surface area contributed by atoms with E-state index in [2.05, 4.69) is 44.8 Å². The normalized spacial score (nSPS) is 12.7. The molecule has 2 saturated heterocycles. The van der Waals surface area contributed by atoms with Crippen molar-refractivity contribution >= 4 is 37.0 Å². The third-order valence-corrected chi connectivity index (χ3v) is 11.8. The van der Waals surface area contributed by atoms with Crippen LogP contribution in [0.4, 0.5) is 4.79 Å². The second-order valence-corrected chi connectivity index (χ2v) is 17.1. The monoisotopic (exact) mass is 1650 g/mol. The van der Waals surface area contributed by atoms with Gasteiger partial charge in [0.25, 0.3) is 0 Å². The molecule has 0 aliphatic carbocycles. The van der Waals surface area contributed by atoms with Gasteiger partial charge in [-0.3, -0.25) is 39.6 Å². The van der Waals surface area contributed by atoms with Crippen LogP contribution < -0.4 is 61.7 Å². The second-order valence-electron chi connectivity index (χ2n) is 17.1. The fraction of sp³-hybridized carbons (Fsp3) is 0.333. The van der Waals surface area contributed by atoms with E-state index in [1.54, 1.807) is 103 Å². The fourth-order valence-corrected chi connectivity index (χ4v) is 8.32. The van der Waals surface area contributed by atoms with Gasteiger partial charge in [-0.2, -0.15) is 0 Å². The van der Waals surface area contributed by atoms with Gasteiger partial charge in [-0.05, 0) is 46.5 Å². The summed E-state index contributed by atoms with van der Waals surface area (Å²) in [7, 11) is 6.00. The molecule has 0 atom stereocenters. The zero-order valence-electron chi connectivity index (χ0n) is 55.7. The molecule has 33 nitrogen and oxygen atoms in total. The fourth-order valence-electron chi connectivity index (χ4n) is 8.32. The number of aliphatic hydroxyl groups is 6. The van der Waals surface area contributed by atoms with Crippen LogP contribution in [0.25, 0.3) is 0 Å². The standard InChI is InChI=1S/2C27H30N4O3.C2H4O2.CH2O3.6CH4O.5Ni.H2O3.H2O2.3H2O/c2*32-24-10-4-1-7-21(24)19-28-13-15-30-17-18-31(27(30)23-9-3-6-12-26(23)34)16-14-29-20-22-8-2-5-11-25(22)33;1-2(3)4;2-1(3)4;6*1-2;;;;;;1-3-2;1-2;;;/h2*1-12,19-20,27,32-34H,13-18H2;1H3,(H,3,4);(H2,2,3,4);6*2H,1H3;;;;;;1-2H;1H2;3*1H2/q;;;;;;;;;;3*+2;2*+3;;;;;/p-12. The summed E-state index contributed by atoms with van der Waals surface area (Å²) >= 11 is 0. The van der Waals surface area contributed by atoms with Crippen LogP contribution >= 0.6 is 0 Å². The largest absolute Gasteiger partial charge is 3.00 e. The van der Waals surface area contributed by atoms with Gasteiger partial charge in [-0.15, -0.1) is 34.5 Å². The summed E-state index contributed by atoms with van der Waals surface area (Å²) in [4.78, 5) is 44.0. The summed E-state index contributed by atoms with van der Waals surface area (Å²) in [6, 6.07) is 41.5. The Morgan fingerprint density at radius 1 is 0.406 bits per heavy atom. The molecule has 8 rings (SSSR count). The maximum atomic E-state index is 12.6. The smallest absolute Gasteiger partial charge is 0.872 e. The van der Waals surface area contributed by atoms with Crippen LogP contribution in [0.15, 0.2) is 166 Å². The van der Waals surface area contributed by atoms with Crippen molar-refractivity contribution in [3.8, 4) is 34.5 Å². The number of carbonyl (C=O) groups is 2. The van der Waals surface area contributed by atoms with E-state index in [0.29, 0.717) is 74.6 Å². The number of rotatable bonds is 18. The summed E-state index contributed by atoms with van der Waals surface area (Å²) in [5.41, 5.74) is 3.77. The van der Waals surface area contributed by atoms with E-state index in [0.717, 1.165) is 86.9 Å². The van der Waals surface area contributed by atoms with Gasteiger partial charge < -0.3 is 129 Å². The van der Waals surface area contributed by atoms with Gasteiger partial charge in [0.1, 0.15) is 0 Å². The Morgan fingerprint density at radius 3 is 0.713 bits per heavy atom. The Bertz CT molecular complexity index is 2630. The molecule has 2 fully saturated rings. The Labute approximate surface area is 637 Å². The van der Waals surface area contributed by atoms with Gasteiger partial charge in [0.2, 0.25) is 0 Å². The number of para-hydroxylation sites is 6. The maximum Gasteiger partial charge on any atom is 3.00 e. The number of carbonyl (C=O) groups excluding carboxylic acids is 2. The minimum Gasteiger partial charge on any atom is -0.872 e. The summed E-state index contributed by atoms with van der Waals surface area (Å²) < 4.78 is 0. The van der Waals surface area contributed by atoms with Crippen LogP contribution in [0.2, 0.25) is 0 Å². The first-order valence-corrected chi connectivity index (χ1v) is 27.5. The summed E-state index contributed by atoms with van der Waals surface area (Å²) in [5, 5.41) is 170. The Balaban J connectivity index is -0.000000112. The average molecular weight is 1650 g/mol. The van der Waals surface area contributed by atoms with Crippen molar-refractivity contribution in [3.05, 3.63) is 179 Å². The van der Waals surface area contributed by atoms with E-state index in [-0.39, 0.29) is 146 Å². The van der Waals surface area contributed by atoms with Crippen molar-refractivity contribution in [3.63, 3.8) is 0 Å². The molecule has 6 aromatic carbocycles. The van der Waals surface area contributed by atoms with E-state index >= 15 is 0 Å². The molecule has 2 heterocycles. The van der Waals surface area contributed by atoms with Crippen molar-refractivity contribution in [2.24, 2.45) is 20.0 Å². The molecule has 0 saturated carbocycles. The van der Waals surface area contributed by atoms with E-state index in [9.17, 15) is 30.6 Å². The first-order chi connectivity index (χ1) is 45.1. The van der Waals surface area contributed by atoms with Gasteiger partial charge in [0.15, 0.2) is 0 Å². The van der Waals surface area contributed by atoms with Gasteiger partial charge in [-0.1, -0.05) is 146 Å². The molecule has 2 aliphatic heterocycles. The van der Waals surface area contributed by atoms with Crippen LogP contribution in [0.5, 0.6) is 34.5 Å². The van der Waals surface area contributed by atoms with Crippen molar-refractivity contribution in [2.75, 3.05) is 121 Å². The average Bonchev–Trinajstić information content (AvgIpc) is 1.70. The molecule has 38 heteroatoms. The summed E-state index contributed by atoms with van der Waals surface area (Å²) in [5.74, 6) is -1.24. The summed E-state index contributed by atoms with van der Waals surface area (Å²) in [6.45, 7) is 8.96. The van der Waals surface area contributed by atoms with Crippen LogP contribution in [0, 0.1) is 0 Å². The molecular weight excluding hydrogens is 1560 g/mol. The van der Waals surface area contributed by atoms with Crippen molar-refractivity contribution in [1.82, 2.24) is 19.6 Å². The Morgan fingerprint density at radius 2 is 0.554 bits per heavy atom. The number of aliphatic hydroxyl groups excluding tert-OH is 6. The number of hydrogen-bond donors (Lipinski definition) is 6. The number of benzene rings is 6.